The zero-order valence-corrected chi connectivity index (χ0v) is 16.8. The van der Waals surface area contributed by atoms with Crippen molar-refractivity contribution in [2.24, 2.45) is 5.10 Å². The van der Waals surface area contributed by atoms with E-state index in [0.717, 1.165) is 6.21 Å². The number of rotatable bonds is 8. The number of nitro groups is 1. The van der Waals surface area contributed by atoms with Crippen LogP contribution >= 0.6 is 11.6 Å². The third-order valence-electron chi connectivity index (χ3n) is 3.34. The molecule has 150 valence electrons. The van der Waals surface area contributed by atoms with Crippen LogP contribution in [-0.2, 0) is 10.0 Å². The molecule has 0 saturated heterocycles. The number of hydrogen-bond acceptors (Lipinski definition) is 7. The van der Waals surface area contributed by atoms with E-state index in [-0.39, 0.29) is 33.7 Å². The van der Waals surface area contributed by atoms with E-state index in [1.807, 2.05) is 4.83 Å². The van der Waals surface area contributed by atoms with Crippen molar-refractivity contribution in [1.29, 1.82) is 0 Å². The summed E-state index contributed by atoms with van der Waals surface area (Å²) in [6, 6.07) is 8.17. The van der Waals surface area contributed by atoms with E-state index >= 15 is 0 Å². The Morgan fingerprint density at radius 3 is 2.43 bits per heavy atom. The van der Waals surface area contributed by atoms with Crippen molar-refractivity contribution in [2.45, 2.75) is 24.8 Å². The molecule has 0 aliphatic rings. The average Bonchev–Trinajstić information content (AvgIpc) is 2.62. The second-order valence-corrected chi connectivity index (χ2v) is 7.90. The average molecular weight is 428 g/mol. The summed E-state index contributed by atoms with van der Waals surface area (Å²) < 4.78 is 35.0. The van der Waals surface area contributed by atoms with E-state index in [4.69, 9.17) is 21.1 Å². The van der Waals surface area contributed by atoms with Gasteiger partial charge in [0.05, 0.1) is 29.2 Å². The molecule has 0 fully saturated rings. The summed E-state index contributed by atoms with van der Waals surface area (Å²) in [4.78, 5) is 12.8. The number of benzene rings is 2. The predicted molar refractivity (Wildman–Crippen MR) is 105 cm³/mol. The summed E-state index contributed by atoms with van der Waals surface area (Å²) in [5.74, 6) is 0.117. The minimum absolute atomic E-state index is 0.0126. The molecular weight excluding hydrogens is 410 g/mol. The summed E-state index contributed by atoms with van der Waals surface area (Å²) in [7, 11) is -2.57. The highest BCUT2D eigenvalue weighted by Crippen LogP contribution is 2.38. The van der Waals surface area contributed by atoms with Crippen LogP contribution in [0.4, 0.5) is 5.69 Å². The number of hydrazone groups is 1. The Labute approximate surface area is 167 Å². The molecule has 0 unspecified atom stereocenters. The maximum absolute atomic E-state index is 12.2. The summed E-state index contributed by atoms with van der Waals surface area (Å²) >= 11 is 5.74. The van der Waals surface area contributed by atoms with E-state index < -0.39 is 14.9 Å². The quantitative estimate of drug-likeness (QED) is 0.391. The molecule has 2 rings (SSSR count). The molecule has 0 bridgehead atoms. The Hall–Kier alpha value is -2.85. The van der Waals surface area contributed by atoms with Gasteiger partial charge in [-0.3, -0.25) is 10.1 Å². The summed E-state index contributed by atoms with van der Waals surface area (Å²) in [6.45, 7) is 3.45. The van der Waals surface area contributed by atoms with Gasteiger partial charge in [0.2, 0.25) is 5.75 Å². The van der Waals surface area contributed by atoms with Gasteiger partial charge in [-0.1, -0.05) is 11.6 Å². The molecule has 0 spiro atoms. The molecule has 2 aromatic carbocycles. The van der Waals surface area contributed by atoms with E-state index in [2.05, 4.69) is 5.10 Å². The zero-order valence-electron chi connectivity index (χ0n) is 15.2. The summed E-state index contributed by atoms with van der Waals surface area (Å²) in [5.41, 5.74) is -0.0754. The fraction of sp³-hybridized carbons (Fsp3) is 0.235. The van der Waals surface area contributed by atoms with Crippen molar-refractivity contribution in [3.63, 3.8) is 0 Å². The van der Waals surface area contributed by atoms with Crippen LogP contribution in [0.1, 0.15) is 19.4 Å². The van der Waals surface area contributed by atoms with Gasteiger partial charge >= 0.3 is 5.69 Å². The van der Waals surface area contributed by atoms with Gasteiger partial charge in [0.25, 0.3) is 10.0 Å². The fourth-order valence-electron chi connectivity index (χ4n) is 2.16. The zero-order chi connectivity index (χ0) is 20.9. The van der Waals surface area contributed by atoms with Crippen molar-refractivity contribution >= 4 is 33.5 Å². The highest BCUT2D eigenvalue weighted by molar-refractivity contribution is 7.89. The number of hydrogen-bond donors (Lipinski definition) is 1. The molecule has 0 aliphatic heterocycles. The number of halogens is 1. The first-order chi connectivity index (χ1) is 13.1. The van der Waals surface area contributed by atoms with Gasteiger partial charge in [0, 0.05) is 16.7 Å². The number of nitrogens with one attached hydrogen (secondary N) is 1. The topological polar surface area (TPSA) is 120 Å². The van der Waals surface area contributed by atoms with E-state index in [9.17, 15) is 18.5 Å². The van der Waals surface area contributed by atoms with Crippen molar-refractivity contribution < 1.29 is 22.8 Å². The largest absolute Gasteiger partial charge is 0.493 e. The Bertz CT molecular complexity index is 991. The monoisotopic (exact) mass is 427 g/mol. The molecular formula is C17H18ClN3O6S. The lowest BCUT2D eigenvalue weighted by Crippen LogP contribution is -2.18. The predicted octanol–water partition coefficient (Wildman–Crippen LogP) is 3.36. The molecule has 11 heteroatoms. The highest BCUT2D eigenvalue weighted by Gasteiger charge is 2.23. The fourth-order valence-corrected chi connectivity index (χ4v) is 3.08. The molecule has 0 aliphatic carbocycles. The van der Waals surface area contributed by atoms with Crippen molar-refractivity contribution in [3.8, 4) is 11.5 Å². The molecule has 0 amide bonds. The van der Waals surface area contributed by atoms with Crippen LogP contribution in [0.3, 0.4) is 0 Å². The van der Waals surface area contributed by atoms with Gasteiger partial charge in [-0.2, -0.15) is 13.5 Å². The first-order valence-corrected chi connectivity index (χ1v) is 9.83. The number of nitrogens with zero attached hydrogens (tertiary/aromatic N) is 2. The van der Waals surface area contributed by atoms with Crippen LogP contribution in [0.25, 0.3) is 0 Å². The SMILES string of the molecule is COc1cc(/C=N/NS(=O)(=O)c2ccc(Cl)cc2)cc([N+](=O)[O-])c1OC(C)C. The molecule has 0 aromatic heterocycles. The minimum Gasteiger partial charge on any atom is -0.493 e. The molecule has 2 aromatic rings. The van der Waals surface area contributed by atoms with Gasteiger partial charge in [-0.05, 0) is 44.2 Å². The van der Waals surface area contributed by atoms with Crippen LogP contribution in [0, 0.1) is 10.1 Å². The van der Waals surface area contributed by atoms with Crippen LogP contribution in [0.2, 0.25) is 5.02 Å². The lowest BCUT2D eigenvalue weighted by atomic mass is 10.2. The first-order valence-electron chi connectivity index (χ1n) is 7.97. The molecule has 0 radical (unpaired) electrons. The van der Waals surface area contributed by atoms with Gasteiger partial charge in [-0.15, -0.1) is 0 Å². The first kappa shape index (κ1) is 21.5. The minimum atomic E-state index is -3.91. The number of sulfonamides is 1. The third kappa shape index (κ3) is 5.33. The lowest BCUT2D eigenvalue weighted by molar-refractivity contribution is -0.386. The smallest absolute Gasteiger partial charge is 0.315 e. The molecule has 0 atom stereocenters. The molecule has 9 nitrogen and oxygen atoms in total. The standard InChI is InChI=1S/C17H18ClN3O6S/c1-11(2)27-17-15(21(22)23)8-12(9-16(17)26-3)10-19-20-28(24,25)14-6-4-13(18)5-7-14/h4-11,20H,1-3H3/b19-10+. The van der Waals surface area contributed by atoms with Gasteiger partial charge in [0.15, 0.2) is 5.75 Å². The van der Waals surface area contributed by atoms with Crippen molar-refractivity contribution in [2.75, 3.05) is 7.11 Å². The van der Waals surface area contributed by atoms with Gasteiger partial charge in [0.1, 0.15) is 0 Å². The number of methoxy groups -OCH3 is 1. The lowest BCUT2D eigenvalue weighted by Gasteiger charge is -2.14. The second-order valence-electron chi connectivity index (χ2n) is 5.80. The second kappa shape index (κ2) is 8.89. The molecule has 0 heterocycles. The van der Waals surface area contributed by atoms with Crippen LogP contribution < -0.4 is 14.3 Å². The molecule has 1 N–H and O–H groups in total. The highest BCUT2D eigenvalue weighted by atomic mass is 35.5. The maximum Gasteiger partial charge on any atom is 0.315 e. The number of nitro benzene ring substituents is 1. The van der Waals surface area contributed by atoms with E-state index in [1.54, 1.807) is 13.8 Å². The van der Waals surface area contributed by atoms with Crippen molar-refractivity contribution in [3.05, 3.63) is 57.1 Å². The summed E-state index contributed by atoms with van der Waals surface area (Å²) in [5, 5.41) is 15.4. The Morgan fingerprint density at radius 1 is 1.25 bits per heavy atom. The normalized spacial score (nSPS) is 11.6. The molecule has 28 heavy (non-hydrogen) atoms. The Morgan fingerprint density at radius 2 is 1.89 bits per heavy atom. The van der Waals surface area contributed by atoms with Crippen LogP contribution in [0.15, 0.2) is 46.4 Å². The maximum atomic E-state index is 12.2. The number of ether oxygens (including phenoxy) is 2. The van der Waals surface area contributed by atoms with Crippen molar-refractivity contribution in [1.82, 2.24) is 4.83 Å². The Kier molecular flexibility index (Phi) is 6.81. The Balaban J connectivity index is 2.31. The van der Waals surface area contributed by atoms with E-state index in [0.29, 0.717) is 5.02 Å². The summed E-state index contributed by atoms with van der Waals surface area (Å²) in [6.07, 6.45) is 0.820. The van der Waals surface area contributed by atoms with E-state index in [1.165, 1.54) is 43.5 Å². The molecule has 0 saturated carbocycles. The van der Waals surface area contributed by atoms with Crippen LogP contribution in [-0.4, -0.2) is 32.8 Å². The van der Waals surface area contributed by atoms with Gasteiger partial charge in [-0.25, -0.2) is 4.83 Å². The third-order valence-corrected chi connectivity index (χ3v) is 4.83. The van der Waals surface area contributed by atoms with Gasteiger partial charge < -0.3 is 9.47 Å². The van der Waals surface area contributed by atoms with Crippen LogP contribution in [0.5, 0.6) is 11.5 Å².